The molecule has 15 heavy (non-hydrogen) atoms. The summed E-state index contributed by atoms with van der Waals surface area (Å²) in [4.78, 5) is 7.74. The maximum atomic E-state index is 5.27. The van der Waals surface area contributed by atoms with Crippen LogP contribution in [0.2, 0.25) is 0 Å². The minimum Gasteiger partial charge on any atom is -0.346 e. The number of H-pyrrole nitrogens is 1. The van der Waals surface area contributed by atoms with E-state index in [0.717, 1.165) is 28.3 Å². The lowest BCUT2D eigenvalue weighted by atomic mass is 10.2. The number of nitrogens with one attached hydrogen (secondary N) is 1. The lowest BCUT2D eigenvalue weighted by Crippen LogP contribution is -2.02. The molecule has 0 fully saturated rings. The Labute approximate surface area is 101 Å². The molecule has 0 aliphatic heterocycles. The summed E-state index contributed by atoms with van der Waals surface area (Å²) < 4.78 is 0.758. The normalized spacial score (nSPS) is 11.0. The van der Waals surface area contributed by atoms with Crippen LogP contribution in [0.3, 0.4) is 0 Å². The molecule has 1 rings (SSSR count). The van der Waals surface area contributed by atoms with Gasteiger partial charge in [0, 0.05) is 11.3 Å². The van der Waals surface area contributed by atoms with Gasteiger partial charge in [-0.1, -0.05) is 33.0 Å². The summed E-state index contributed by atoms with van der Waals surface area (Å²) in [5.41, 5.74) is 2.33. The fourth-order valence-electron chi connectivity index (χ4n) is 1.40. The quantitative estimate of drug-likeness (QED) is 0.817. The van der Waals surface area contributed by atoms with Crippen molar-refractivity contribution in [2.24, 2.45) is 0 Å². The van der Waals surface area contributed by atoms with Gasteiger partial charge in [-0.15, -0.1) is 0 Å². The van der Waals surface area contributed by atoms with Gasteiger partial charge in [-0.05, 0) is 18.6 Å². The minimum absolute atomic E-state index is 0.625. The molecule has 0 amide bonds. The van der Waals surface area contributed by atoms with E-state index < -0.39 is 0 Å². The maximum absolute atomic E-state index is 5.27. The molecule has 1 aromatic heterocycles. The molecule has 1 aromatic rings. The van der Waals surface area contributed by atoms with Gasteiger partial charge in [0.25, 0.3) is 0 Å². The minimum atomic E-state index is 0.625. The monoisotopic (exact) mass is 242 g/mol. The second-order valence-corrected chi connectivity index (χ2v) is 5.76. The Morgan fingerprint density at radius 3 is 2.60 bits per heavy atom. The largest absolute Gasteiger partial charge is 0.346 e. The summed E-state index contributed by atoms with van der Waals surface area (Å²) in [5, 5.41) is 0.625. The Hall–Kier alpha value is -0.350. The van der Waals surface area contributed by atoms with Crippen LogP contribution in [0.25, 0.3) is 0 Å². The van der Waals surface area contributed by atoms with Gasteiger partial charge in [0.1, 0.15) is 10.5 Å². The van der Waals surface area contributed by atoms with Gasteiger partial charge in [0.05, 0.1) is 5.75 Å². The fraction of sp³-hybridized carbons (Fsp3) is 0.636. The van der Waals surface area contributed by atoms with Crippen molar-refractivity contribution in [1.29, 1.82) is 0 Å². The van der Waals surface area contributed by atoms with Crippen LogP contribution >= 0.6 is 24.0 Å². The van der Waals surface area contributed by atoms with Crippen LogP contribution in [0.1, 0.15) is 37.9 Å². The van der Waals surface area contributed by atoms with Gasteiger partial charge >= 0.3 is 0 Å². The number of thioether (sulfide) groups is 1. The zero-order chi connectivity index (χ0) is 11.4. The van der Waals surface area contributed by atoms with E-state index in [1.54, 1.807) is 0 Å². The third-order valence-corrected chi connectivity index (χ3v) is 3.63. The van der Waals surface area contributed by atoms with Crippen LogP contribution in [-0.4, -0.2) is 15.2 Å². The molecule has 4 heteroatoms. The van der Waals surface area contributed by atoms with E-state index in [4.69, 9.17) is 12.2 Å². The predicted molar refractivity (Wildman–Crippen MR) is 70.0 cm³/mol. The van der Waals surface area contributed by atoms with Crippen molar-refractivity contribution in [3.8, 4) is 0 Å². The lowest BCUT2D eigenvalue weighted by molar-refractivity contribution is 0.924. The zero-order valence-corrected chi connectivity index (χ0v) is 11.4. The molecule has 2 nitrogen and oxygen atoms in total. The lowest BCUT2D eigenvalue weighted by Gasteiger charge is -2.08. The third-order valence-electron chi connectivity index (χ3n) is 2.19. The first-order chi connectivity index (χ1) is 7.04. The van der Waals surface area contributed by atoms with Crippen molar-refractivity contribution in [1.82, 2.24) is 9.97 Å². The number of aromatic nitrogens is 2. The fourth-order valence-corrected chi connectivity index (χ4v) is 2.44. The van der Waals surface area contributed by atoms with Crippen molar-refractivity contribution in [2.45, 2.75) is 45.1 Å². The Balaban J connectivity index is 2.89. The Bertz CT molecular complexity index is 383. The number of hydrogen-bond acceptors (Lipinski definition) is 3. The van der Waals surface area contributed by atoms with Gasteiger partial charge < -0.3 is 4.98 Å². The highest BCUT2D eigenvalue weighted by Crippen LogP contribution is 2.16. The molecule has 84 valence electrons. The summed E-state index contributed by atoms with van der Waals surface area (Å²) in [6, 6.07) is 0. The van der Waals surface area contributed by atoms with Crippen LogP contribution in [0, 0.1) is 11.6 Å². The molecule has 0 atom stereocenters. The molecule has 1 N–H and O–H groups in total. The molecule has 1 heterocycles. The van der Waals surface area contributed by atoms with Gasteiger partial charge in [-0.3, -0.25) is 0 Å². The first kappa shape index (κ1) is 12.7. The summed E-state index contributed by atoms with van der Waals surface area (Å²) >= 11 is 7.14. The van der Waals surface area contributed by atoms with E-state index in [9.17, 15) is 0 Å². The topological polar surface area (TPSA) is 28.7 Å². The standard InChI is InChI=1S/C11H18N2S2/c1-5-9-8(4)12-10(13-11(9)14)6-15-7(2)3/h7H,5-6H2,1-4H3,(H,12,13,14). The highest BCUT2D eigenvalue weighted by molar-refractivity contribution is 7.99. The summed E-state index contributed by atoms with van der Waals surface area (Å²) in [6.07, 6.45) is 0.950. The average Bonchev–Trinajstić information content (AvgIpc) is 2.14. The Morgan fingerprint density at radius 1 is 1.47 bits per heavy atom. The highest BCUT2D eigenvalue weighted by Gasteiger charge is 2.04. The zero-order valence-electron chi connectivity index (χ0n) is 9.76. The molecular weight excluding hydrogens is 224 g/mol. The SMILES string of the molecule is CCc1c(C)[nH]c(CSC(C)C)nc1=S. The molecule has 0 aliphatic carbocycles. The molecule has 0 saturated carbocycles. The number of nitrogens with zero attached hydrogens (tertiary/aromatic N) is 1. The van der Waals surface area contributed by atoms with Crippen LogP contribution < -0.4 is 0 Å². The Kier molecular flexibility index (Phi) is 4.80. The van der Waals surface area contributed by atoms with E-state index in [-0.39, 0.29) is 0 Å². The summed E-state index contributed by atoms with van der Waals surface area (Å²) in [6.45, 7) is 8.55. The molecule has 0 aromatic carbocycles. The summed E-state index contributed by atoms with van der Waals surface area (Å²) in [5.74, 6) is 1.90. The molecule has 0 saturated heterocycles. The molecular formula is C11H18N2S2. The van der Waals surface area contributed by atoms with E-state index in [1.807, 2.05) is 11.8 Å². The van der Waals surface area contributed by atoms with Crippen molar-refractivity contribution in [3.05, 3.63) is 21.7 Å². The van der Waals surface area contributed by atoms with Crippen molar-refractivity contribution < 1.29 is 0 Å². The van der Waals surface area contributed by atoms with E-state index >= 15 is 0 Å². The van der Waals surface area contributed by atoms with Crippen molar-refractivity contribution in [2.75, 3.05) is 0 Å². The first-order valence-corrected chi connectivity index (χ1v) is 6.70. The van der Waals surface area contributed by atoms with Gasteiger partial charge in [0.2, 0.25) is 0 Å². The number of aryl methyl sites for hydroxylation is 1. The Morgan fingerprint density at radius 2 is 2.13 bits per heavy atom. The van der Waals surface area contributed by atoms with Crippen LogP contribution in [0.5, 0.6) is 0 Å². The molecule has 0 radical (unpaired) electrons. The van der Waals surface area contributed by atoms with E-state index in [0.29, 0.717) is 5.25 Å². The first-order valence-electron chi connectivity index (χ1n) is 5.24. The second kappa shape index (κ2) is 5.66. The van der Waals surface area contributed by atoms with Crippen LogP contribution in [0.4, 0.5) is 0 Å². The maximum Gasteiger partial charge on any atom is 0.133 e. The molecule has 0 aliphatic rings. The van der Waals surface area contributed by atoms with Crippen molar-refractivity contribution in [3.63, 3.8) is 0 Å². The second-order valence-electron chi connectivity index (χ2n) is 3.81. The molecule has 0 unspecified atom stereocenters. The summed E-state index contributed by atoms with van der Waals surface area (Å²) in [7, 11) is 0. The number of aromatic amines is 1. The van der Waals surface area contributed by atoms with Gasteiger partial charge in [0.15, 0.2) is 0 Å². The smallest absolute Gasteiger partial charge is 0.133 e. The van der Waals surface area contributed by atoms with Gasteiger partial charge in [-0.25, -0.2) is 4.98 Å². The van der Waals surface area contributed by atoms with Crippen LogP contribution in [-0.2, 0) is 12.2 Å². The van der Waals surface area contributed by atoms with E-state index in [2.05, 4.69) is 37.7 Å². The van der Waals surface area contributed by atoms with Crippen LogP contribution in [0.15, 0.2) is 0 Å². The number of rotatable bonds is 4. The molecule has 0 spiro atoms. The molecule has 0 bridgehead atoms. The van der Waals surface area contributed by atoms with Crippen molar-refractivity contribution >= 4 is 24.0 Å². The highest BCUT2D eigenvalue weighted by atomic mass is 32.2. The average molecular weight is 242 g/mol. The predicted octanol–water partition coefficient (Wildman–Crippen LogP) is 3.65. The third kappa shape index (κ3) is 3.61. The number of hydrogen-bond donors (Lipinski definition) is 1. The van der Waals surface area contributed by atoms with Gasteiger partial charge in [-0.2, -0.15) is 11.8 Å². The van der Waals surface area contributed by atoms with E-state index in [1.165, 1.54) is 5.56 Å².